The quantitative estimate of drug-likeness (QED) is 0.0984. The number of hydrogen-bond acceptors (Lipinski definition) is 22. The number of rotatable bonds is 10. The smallest absolute Gasteiger partial charge is 0.221 e. The lowest BCUT2D eigenvalue weighted by Crippen LogP contribution is -2.67. The van der Waals surface area contributed by atoms with Crippen LogP contribution in [0.5, 0.6) is 0 Å². The predicted molar refractivity (Wildman–Crippen MR) is 158 cm³/mol. The molecule has 4 aliphatic rings. The van der Waals surface area contributed by atoms with E-state index in [0.29, 0.717) is 0 Å². The van der Waals surface area contributed by atoms with Crippen LogP contribution in [0, 0.1) is 0 Å². The Morgan fingerprint density at radius 2 is 0.902 bits per heavy atom. The van der Waals surface area contributed by atoms with Crippen molar-refractivity contribution in [1.82, 2.24) is 4.90 Å². The van der Waals surface area contributed by atoms with Gasteiger partial charge in [0.15, 0.2) is 25.1 Å². The van der Waals surface area contributed by atoms with Crippen molar-refractivity contribution in [3.63, 3.8) is 0 Å². The highest BCUT2D eigenvalue weighted by Gasteiger charge is 2.52. The molecule has 0 radical (unpaired) electrons. The first kappa shape index (κ1) is 44.0. The Morgan fingerprint density at radius 1 is 0.510 bits per heavy atom. The molecule has 0 bridgehead atoms. The number of hydrogen-bond donors (Lipinski definition) is 15. The van der Waals surface area contributed by atoms with Gasteiger partial charge >= 0.3 is 0 Å². The minimum atomic E-state index is -1.74. The molecule has 300 valence electrons. The fourth-order valence-corrected chi connectivity index (χ4v) is 5.98. The molecule has 51 heavy (non-hydrogen) atoms. The zero-order valence-corrected chi connectivity index (χ0v) is 27.6. The van der Waals surface area contributed by atoms with Crippen LogP contribution in [0.3, 0.4) is 0 Å². The van der Waals surface area contributed by atoms with E-state index in [9.17, 15) is 76.3 Å². The van der Waals surface area contributed by atoms with Crippen molar-refractivity contribution in [2.45, 2.75) is 137 Å². The molecule has 4 aliphatic heterocycles. The molecular weight excluding hydrogens is 702 g/mol. The molecule has 15 N–H and O–H groups in total. The van der Waals surface area contributed by atoms with Gasteiger partial charge in [-0.25, -0.2) is 0 Å². The van der Waals surface area contributed by atoms with Crippen molar-refractivity contribution in [1.29, 1.82) is 0 Å². The lowest BCUT2D eigenvalue weighted by molar-refractivity contribution is -0.355. The molecular formula is C28H51NO22. The largest absolute Gasteiger partial charge is 0.394 e. The molecule has 4 saturated heterocycles. The van der Waals surface area contributed by atoms with E-state index in [4.69, 9.17) is 33.5 Å². The van der Waals surface area contributed by atoms with Crippen LogP contribution in [0.4, 0.5) is 0 Å². The van der Waals surface area contributed by atoms with Crippen LogP contribution in [0.25, 0.3) is 0 Å². The molecule has 0 saturated carbocycles. The molecule has 0 aromatic rings. The SMILES string of the molecule is CCN(C(C)=O)[C@@H]1O[C@@H](CO)[C@@H](O[C@@H]2OC(CO)[C@@H](O)[C@H](O)C2O)C(O)C1O.OCC1O[C@@H](O[C@H]2C(O)C(O)[C@H](O)O[C@H]2CO)C(O)[C@@H](O)[C@@H]1O. The summed E-state index contributed by atoms with van der Waals surface area (Å²) in [7, 11) is 0. The maximum Gasteiger partial charge on any atom is 0.221 e. The Balaban J connectivity index is 0.000000281. The second-order valence-corrected chi connectivity index (χ2v) is 12.4. The fraction of sp³-hybridized carbons (Fsp3) is 0.964. The monoisotopic (exact) mass is 753 g/mol. The molecule has 0 aromatic carbocycles. The van der Waals surface area contributed by atoms with Gasteiger partial charge in [0, 0.05) is 13.5 Å². The van der Waals surface area contributed by atoms with E-state index in [0.717, 1.165) is 0 Å². The van der Waals surface area contributed by atoms with E-state index >= 15 is 0 Å². The summed E-state index contributed by atoms with van der Waals surface area (Å²) in [5.41, 5.74) is 0. The summed E-state index contributed by atoms with van der Waals surface area (Å²) >= 11 is 0. The van der Waals surface area contributed by atoms with E-state index < -0.39 is 155 Å². The Bertz CT molecular complexity index is 1060. The zero-order valence-electron chi connectivity index (χ0n) is 27.6. The zero-order chi connectivity index (χ0) is 38.5. The minimum absolute atomic E-state index is 0.181. The van der Waals surface area contributed by atoms with Crippen molar-refractivity contribution < 1.29 is 110 Å². The molecule has 0 aromatic heterocycles. The molecule has 8 unspecified atom stereocenters. The summed E-state index contributed by atoms with van der Waals surface area (Å²) < 4.78 is 31.5. The third kappa shape index (κ3) is 9.66. The first-order valence-corrected chi connectivity index (χ1v) is 16.1. The molecule has 23 heteroatoms. The van der Waals surface area contributed by atoms with Crippen LogP contribution >= 0.6 is 0 Å². The van der Waals surface area contributed by atoms with Crippen LogP contribution in [0.1, 0.15) is 13.8 Å². The highest BCUT2D eigenvalue weighted by molar-refractivity contribution is 5.73. The first-order chi connectivity index (χ1) is 24.0. The first-order valence-electron chi connectivity index (χ1n) is 16.1. The molecule has 1 amide bonds. The number of aliphatic hydroxyl groups is 15. The molecule has 4 heterocycles. The number of likely N-dealkylation sites (N-methyl/N-ethyl adjacent to an activating group) is 1. The Morgan fingerprint density at radius 3 is 1.27 bits per heavy atom. The third-order valence-corrected chi connectivity index (χ3v) is 9.01. The Kier molecular flexibility index (Phi) is 16.7. The van der Waals surface area contributed by atoms with Crippen LogP contribution in [0.15, 0.2) is 0 Å². The van der Waals surface area contributed by atoms with Crippen molar-refractivity contribution >= 4 is 5.91 Å². The summed E-state index contributed by atoms with van der Waals surface area (Å²) in [5, 5.41) is 146. The lowest BCUT2D eigenvalue weighted by Gasteiger charge is -2.48. The van der Waals surface area contributed by atoms with E-state index in [1.807, 2.05) is 0 Å². The van der Waals surface area contributed by atoms with Gasteiger partial charge in [0.1, 0.15) is 97.7 Å². The molecule has 0 spiro atoms. The third-order valence-electron chi connectivity index (χ3n) is 9.01. The number of nitrogens with zero attached hydrogens (tertiary/aromatic N) is 1. The van der Waals surface area contributed by atoms with E-state index in [2.05, 4.69) is 0 Å². The van der Waals surface area contributed by atoms with Gasteiger partial charge in [-0.1, -0.05) is 0 Å². The van der Waals surface area contributed by atoms with Crippen molar-refractivity contribution in [2.24, 2.45) is 0 Å². The van der Waals surface area contributed by atoms with Crippen LogP contribution in [-0.4, -0.2) is 243 Å². The second kappa shape index (κ2) is 19.3. The average molecular weight is 754 g/mol. The van der Waals surface area contributed by atoms with Gasteiger partial charge in [0.25, 0.3) is 0 Å². The summed E-state index contributed by atoms with van der Waals surface area (Å²) in [6.45, 7) is 0.414. The molecule has 20 atom stereocenters. The van der Waals surface area contributed by atoms with Gasteiger partial charge in [-0.2, -0.15) is 0 Å². The molecule has 0 aliphatic carbocycles. The lowest BCUT2D eigenvalue weighted by atomic mass is 9.96. The normalized spacial score (nSPS) is 47.6. The van der Waals surface area contributed by atoms with Gasteiger partial charge in [-0.3, -0.25) is 4.79 Å². The van der Waals surface area contributed by atoms with Crippen molar-refractivity contribution in [2.75, 3.05) is 33.0 Å². The summed E-state index contributed by atoms with van der Waals surface area (Å²) in [5.74, 6) is -0.413. The molecule has 4 rings (SSSR count). The van der Waals surface area contributed by atoms with Gasteiger partial charge in [-0.15, -0.1) is 0 Å². The molecule has 4 fully saturated rings. The highest BCUT2D eigenvalue weighted by Crippen LogP contribution is 2.31. The van der Waals surface area contributed by atoms with Gasteiger partial charge in [0.05, 0.1) is 26.4 Å². The van der Waals surface area contributed by atoms with E-state index in [-0.39, 0.29) is 6.54 Å². The molecule has 23 nitrogen and oxygen atoms in total. The maximum atomic E-state index is 11.7. The highest BCUT2D eigenvalue weighted by atomic mass is 16.7. The summed E-state index contributed by atoms with van der Waals surface area (Å²) in [6.07, 6.45) is -30.5. The van der Waals surface area contributed by atoms with Crippen LogP contribution in [0.2, 0.25) is 0 Å². The van der Waals surface area contributed by atoms with E-state index in [1.54, 1.807) is 6.92 Å². The average Bonchev–Trinajstić information content (AvgIpc) is 3.11. The van der Waals surface area contributed by atoms with E-state index in [1.165, 1.54) is 11.8 Å². The maximum absolute atomic E-state index is 11.7. The topological polar surface area (TPSA) is 379 Å². The van der Waals surface area contributed by atoms with Crippen molar-refractivity contribution in [3.8, 4) is 0 Å². The second-order valence-electron chi connectivity index (χ2n) is 12.4. The van der Waals surface area contributed by atoms with Gasteiger partial charge in [-0.05, 0) is 6.92 Å². The fourth-order valence-electron chi connectivity index (χ4n) is 5.98. The van der Waals surface area contributed by atoms with Crippen LogP contribution in [-0.2, 0) is 33.2 Å². The Labute approximate surface area is 290 Å². The van der Waals surface area contributed by atoms with Gasteiger partial charge < -0.3 is 110 Å². The minimum Gasteiger partial charge on any atom is -0.394 e. The Hall–Kier alpha value is -1.37. The number of amides is 1. The van der Waals surface area contributed by atoms with Crippen LogP contribution < -0.4 is 0 Å². The summed E-state index contributed by atoms with van der Waals surface area (Å²) in [6, 6.07) is 0. The van der Waals surface area contributed by atoms with Gasteiger partial charge in [0.2, 0.25) is 5.91 Å². The standard InChI is InChI=1S/C16H29NO11.C12H22O11/c1-3-17(6(2)20)15-12(24)11(23)14(8(5-19)26-15)28-16-13(25)10(22)9(21)7(4-18)27-16;13-1-3-5(15)6(16)9(19)12(22-3)23-10-4(2-14)21-11(20)8(18)7(10)17/h7-16,18-19,21-25H,3-5H2,1-2H3;3-20H,1-2H2/t7?,8-,9+,10-,11?,12?,13?,14+,15+,16-;3?,4-,5+,6-,7?,8?,9?,10+,11+,12-/m00/s1. The summed E-state index contributed by atoms with van der Waals surface area (Å²) in [4.78, 5) is 12.9. The number of ether oxygens (including phenoxy) is 6. The number of carbonyl (C=O) groups is 1. The van der Waals surface area contributed by atoms with Crippen molar-refractivity contribution in [3.05, 3.63) is 0 Å². The predicted octanol–water partition coefficient (Wildman–Crippen LogP) is -9.92. The number of carbonyl (C=O) groups excluding carboxylic acids is 1. The number of aliphatic hydroxyl groups excluding tert-OH is 15.